The average molecular weight is 280 g/mol. The van der Waals surface area contributed by atoms with E-state index in [-0.39, 0.29) is 10.9 Å². The summed E-state index contributed by atoms with van der Waals surface area (Å²) < 4.78 is 31.6. The van der Waals surface area contributed by atoms with Crippen LogP contribution in [0.4, 0.5) is 0 Å². The number of benzene rings is 1. The highest BCUT2D eigenvalue weighted by atomic mass is 32.2. The molecule has 1 aromatic carbocycles. The van der Waals surface area contributed by atoms with Crippen LogP contribution < -0.4 is 0 Å². The van der Waals surface area contributed by atoms with Gasteiger partial charge in [0, 0.05) is 26.3 Å². The van der Waals surface area contributed by atoms with Crippen molar-refractivity contribution in [1.29, 1.82) is 5.26 Å². The second-order valence-electron chi connectivity index (χ2n) is 4.50. The first-order valence-electron chi connectivity index (χ1n) is 6.11. The van der Waals surface area contributed by atoms with Gasteiger partial charge in [-0.15, -0.1) is 0 Å². The van der Waals surface area contributed by atoms with Crippen molar-refractivity contribution in [3.63, 3.8) is 0 Å². The van der Waals surface area contributed by atoms with Crippen LogP contribution in [0.2, 0.25) is 0 Å². The van der Waals surface area contributed by atoms with E-state index in [4.69, 9.17) is 10.00 Å². The summed E-state index contributed by atoms with van der Waals surface area (Å²) in [6.45, 7) is 1.17. The van der Waals surface area contributed by atoms with Gasteiger partial charge in [-0.05, 0) is 31.0 Å². The maximum absolute atomic E-state index is 12.5. The van der Waals surface area contributed by atoms with Crippen molar-refractivity contribution >= 4 is 10.0 Å². The minimum Gasteiger partial charge on any atom is -0.381 e. The molecule has 1 saturated heterocycles. The summed E-state index contributed by atoms with van der Waals surface area (Å²) in [5, 5.41) is 8.84. The van der Waals surface area contributed by atoms with E-state index in [0.717, 1.165) is 0 Å². The molecule has 0 aromatic heterocycles. The van der Waals surface area contributed by atoms with E-state index in [0.29, 0.717) is 31.6 Å². The molecule has 1 aromatic rings. The molecular weight excluding hydrogens is 264 g/mol. The Morgan fingerprint density at radius 2 is 2.05 bits per heavy atom. The summed E-state index contributed by atoms with van der Waals surface area (Å²) in [5.41, 5.74) is 0.349. The Morgan fingerprint density at radius 1 is 1.37 bits per heavy atom. The van der Waals surface area contributed by atoms with E-state index < -0.39 is 10.0 Å². The molecule has 1 aliphatic heterocycles. The second-order valence-corrected chi connectivity index (χ2v) is 6.50. The number of nitrogens with zero attached hydrogens (tertiary/aromatic N) is 2. The molecule has 0 spiro atoms. The van der Waals surface area contributed by atoms with Crippen LogP contribution >= 0.6 is 0 Å². The van der Waals surface area contributed by atoms with Gasteiger partial charge in [-0.1, -0.05) is 6.07 Å². The zero-order valence-corrected chi connectivity index (χ0v) is 11.6. The molecule has 0 radical (unpaired) electrons. The minimum absolute atomic E-state index is 0.0375. The molecule has 0 saturated carbocycles. The third-order valence-electron chi connectivity index (χ3n) is 3.35. The van der Waals surface area contributed by atoms with Gasteiger partial charge in [-0.25, -0.2) is 8.42 Å². The van der Waals surface area contributed by atoms with Crippen LogP contribution in [-0.2, 0) is 14.8 Å². The normalized spacial score (nSPS) is 17.3. The molecule has 6 heteroatoms. The van der Waals surface area contributed by atoms with Gasteiger partial charge in [-0.2, -0.15) is 9.57 Å². The Kier molecular flexibility index (Phi) is 4.20. The molecule has 1 heterocycles. The maximum Gasteiger partial charge on any atom is 0.243 e. The van der Waals surface area contributed by atoms with Crippen LogP contribution in [0.5, 0.6) is 0 Å². The smallest absolute Gasteiger partial charge is 0.243 e. The van der Waals surface area contributed by atoms with Crippen LogP contribution in [0.3, 0.4) is 0 Å². The first kappa shape index (κ1) is 14.0. The van der Waals surface area contributed by atoms with E-state index in [1.54, 1.807) is 19.2 Å². The molecule has 0 amide bonds. The molecule has 5 nitrogen and oxygen atoms in total. The SMILES string of the molecule is CN(C1CCOCC1)S(=O)(=O)c1cccc(C#N)c1. The minimum atomic E-state index is -3.54. The predicted molar refractivity (Wildman–Crippen MR) is 69.9 cm³/mol. The summed E-state index contributed by atoms with van der Waals surface area (Å²) in [6, 6.07) is 8.02. The molecule has 0 bridgehead atoms. The topological polar surface area (TPSA) is 70.4 Å². The van der Waals surface area contributed by atoms with Gasteiger partial charge in [0.2, 0.25) is 10.0 Å². The molecule has 0 N–H and O–H groups in total. The fraction of sp³-hybridized carbons (Fsp3) is 0.462. The van der Waals surface area contributed by atoms with Crippen molar-refractivity contribution in [3.8, 4) is 6.07 Å². The van der Waals surface area contributed by atoms with Crippen molar-refractivity contribution in [1.82, 2.24) is 4.31 Å². The number of rotatable bonds is 3. The molecule has 1 aliphatic rings. The van der Waals surface area contributed by atoms with E-state index in [1.165, 1.54) is 16.4 Å². The summed E-state index contributed by atoms with van der Waals surface area (Å²) >= 11 is 0. The largest absolute Gasteiger partial charge is 0.381 e. The van der Waals surface area contributed by atoms with E-state index in [2.05, 4.69) is 0 Å². The zero-order valence-electron chi connectivity index (χ0n) is 10.7. The van der Waals surface area contributed by atoms with Crippen molar-refractivity contribution in [2.45, 2.75) is 23.8 Å². The van der Waals surface area contributed by atoms with Gasteiger partial charge in [0.25, 0.3) is 0 Å². The standard InChI is InChI=1S/C13H16N2O3S/c1-15(12-5-7-18-8-6-12)19(16,17)13-4-2-3-11(9-13)10-14/h2-4,9,12H,5-8H2,1H3. The highest BCUT2D eigenvalue weighted by molar-refractivity contribution is 7.89. The number of nitriles is 1. The van der Waals surface area contributed by atoms with Crippen LogP contribution in [0, 0.1) is 11.3 Å². The Labute approximate surface area is 113 Å². The highest BCUT2D eigenvalue weighted by Crippen LogP contribution is 2.22. The van der Waals surface area contributed by atoms with Gasteiger partial charge in [0.05, 0.1) is 16.5 Å². The third kappa shape index (κ3) is 2.95. The molecule has 2 rings (SSSR count). The first-order chi connectivity index (χ1) is 9.05. The van der Waals surface area contributed by atoms with E-state index in [9.17, 15) is 8.42 Å². The van der Waals surface area contributed by atoms with Crippen molar-refractivity contribution < 1.29 is 13.2 Å². The number of hydrogen-bond donors (Lipinski definition) is 0. The van der Waals surface area contributed by atoms with Gasteiger partial charge < -0.3 is 4.74 Å². The van der Waals surface area contributed by atoms with Crippen molar-refractivity contribution in [3.05, 3.63) is 29.8 Å². The predicted octanol–water partition coefficient (Wildman–Crippen LogP) is 1.36. The number of hydrogen-bond acceptors (Lipinski definition) is 4. The molecular formula is C13H16N2O3S. The van der Waals surface area contributed by atoms with Crippen LogP contribution in [0.25, 0.3) is 0 Å². The van der Waals surface area contributed by atoms with Crippen LogP contribution in [-0.4, -0.2) is 39.0 Å². The lowest BCUT2D eigenvalue weighted by molar-refractivity contribution is 0.0632. The molecule has 1 fully saturated rings. The fourth-order valence-corrected chi connectivity index (χ4v) is 3.60. The average Bonchev–Trinajstić information content (AvgIpc) is 2.47. The lowest BCUT2D eigenvalue weighted by atomic mass is 10.1. The lowest BCUT2D eigenvalue weighted by Gasteiger charge is -2.30. The molecule has 0 atom stereocenters. The first-order valence-corrected chi connectivity index (χ1v) is 7.55. The lowest BCUT2D eigenvalue weighted by Crippen LogP contribution is -2.40. The van der Waals surface area contributed by atoms with Gasteiger partial charge in [0.15, 0.2) is 0 Å². The summed E-state index contributed by atoms with van der Waals surface area (Å²) in [7, 11) is -1.96. The Morgan fingerprint density at radius 3 is 2.68 bits per heavy atom. The number of sulfonamides is 1. The fourth-order valence-electron chi connectivity index (χ4n) is 2.14. The molecule has 102 valence electrons. The van der Waals surface area contributed by atoms with Crippen molar-refractivity contribution in [2.75, 3.05) is 20.3 Å². The van der Waals surface area contributed by atoms with E-state index >= 15 is 0 Å². The Hall–Kier alpha value is -1.42. The monoisotopic (exact) mass is 280 g/mol. The molecule has 19 heavy (non-hydrogen) atoms. The van der Waals surface area contributed by atoms with Gasteiger partial charge in [0.1, 0.15) is 0 Å². The maximum atomic E-state index is 12.5. The Balaban J connectivity index is 2.28. The third-order valence-corrected chi connectivity index (χ3v) is 5.25. The van der Waals surface area contributed by atoms with Crippen LogP contribution in [0.1, 0.15) is 18.4 Å². The van der Waals surface area contributed by atoms with E-state index in [1.807, 2.05) is 6.07 Å². The second kappa shape index (κ2) is 5.70. The summed E-state index contributed by atoms with van der Waals surface area (Å²) in [6.07, 6.45) is 1.40. The van der Waals surface area contributed by atoms with Gasteiger partial charge in [-0.3, -0.25) is 0 Å². The quantitative estimate of drug-likeness (QED) is 0.838. The molecule has 0 unspecified atom stereocenters. The highest BCUT2D eigenvalue weighted by Gasteiger charge is 2.29. The Bertz CT molecular complexity index is 586. The van der Waals surface area contributed by atoms with Crippen molar-refractivity contribution in [2.24, 2.45) is 0 Å². The summed E-state index contributed by atoms with van der Waals surface area (Å²) in [5.74, 6) is 0. The molecule has 0 aliphatic carbocycles. The summed E-state index contributed by atoms with van der Waals surface area (Å²) in [4.78, 5) is 0.167. The van der Waals surface area contributed by atoms with Gasteiger partial charge >= 0.3 is 0 Å². The number of ether oxygens (including phenoxy) is 1. The van der Waals surface area contributed by atoms with Crippen LogP contribution in [0.15, 0.2) is 29.2 Å². The zero-order chi connectivity index (χ0) is 13.9.